The summed E-state index contributed by atoms with van der Waals surface area (Å²) in [5.41, 5.74) is 2.60. The molecule has 2 heterocycles. The SMILES string of the molecule is CCc1nnc(NC(=O)C(C)N2CCCN(c3ccccc3C)CC2)s1. The van der Waals surface area contributed by atoms with Crippen molar-refractivity contribution < 1.29 is 4.79 Å². The van der Waals surface area contributed by atoms with Gasteiger partial charge in [0.25, 0.3) is 0 Å². The third-order valence-electron chi connectivity index (χ3n) is 4.91. The lowest BCUT2D eigenvalue weighted by atomic mass is 10.2. The number of aryl methyl sites for hydroxylation is 2. The molecule has 1 aromatic carbocycles. The van der Waals surface area contributed by atoms with Gasteiger partial charge >= 0.3 is 0 Å². The number of para-hydroxylation sites is 1. The van der Waals surface area contributed by atoms with Crippen molar-refractivity contribution in [3.63, 3.8) is 0 Å². The molecule has 0 aliphatic carbocycles. The molecule has 0 saturated carbocycles. The molecule has 1 aliphatic heterocycles. The van der Waals surface area contributed by atoms with Gasteiger partial charge in [-0.15, -0.1) is 10.2 Å². The lowest BCUT2D eigenvalue weighted by Crippen LogP contribution is -2.44. The standard InChI is InChI=1S/C19H27N5OS/c1-4-17-21-22-19(26-17)20-18(25)15(3)23-10-7-11-24(13-12-23)16-9-6-5-8-14(16)2/h5-6,8-9,15H,4,7,10-13H2,1-3H3,(H,20,22,25). The second-order valence-electron chi connectivity index (χ2n) is 6.68. The Labute approximate surface area is 159 Å². The van der Waals surface area contributed by atoms with Crippen LogP contribution in [0.3, 0.4) is 0 Å². The van der Waals surface area contributed by atoms with Gasteiger partial charge in [-0.1, -0.05) is 36.5 Å². The van der Waals surface area contributed by atoms with E-state index in [-0.39, 0.29) is 11.9 Å². The Balaban J connectivity index is 1.59. The fourth-order valence-corrected chi connectivity index (χ4v) is 3.99. The van der Waals surface area contributed by atoms with Gasteiger partial charge in [-0.2, -0.15) is 0 Å². The maximum Gasteiger partial charge on any atom is 0.243 e. The smallest absolute Gasteiger partial charge is 0.243 e. The summed E-state index contributed by atoms with van der Waals surface area (Å²) >= 11 is 1.45. The van der Waals surface area contributed by atoms with Crippen molar-refractivity contribution in [2.24, 2.45) is 0 Å². The van der Waals surface area contributed by atoms with E-state index in [9.17, 15) is 4.79 Å². The van der Waals surface area contributed by atoms with Crippen LogP contribution in [0.5, 0.6) is 0 Å². The monoisotopic (exact) mass is 373 g/mol. The summed E-state index contributed by atoms with van der Waals surface area (Å²) in [5.74, 6) is -0.00635. The van der Waals surface area contributed by atoms with Crippen LogP contribution in [0.2, 0.25) is 0 Å². The zero-order valence-electron chi connectivity index (χ0n) is 15.7. The van der Waals surface area contributed by atoms with E-state index in [0.717, 1.165) is 44.0 Å². The summed E-state index contributed by atoms with van der Waals surface area (Å²) in [6.45, 7) is 9.91. The first-order valence-electron chi connectivity index (χ1n) is 9.26. The van der Waals surface area contributed by atoms with E-state index in [4.69, 9.17) is 0 Å². The van der Waals surface area contributed by atoms with Crippen LogP contribution in [0, 0.1) is 6.92 Å². The molecule has 1 aromatic heterocycles. The Kier molecular flexibility index (Phi) is 6.21. The molecule has 1 atom stereocenters. The molecule has 1 aliphatic rings. The van der Waals surface area contributed by atoms with Crippen molar-refractivity contribution in [3.05, 3.63) is 34.8 Å². The lowest BCUT2D eigenvalue weighted by Gasteiger charge is -2.27. The molecule has 140 valence electrons. The average Bonchev–Trinajstić information content (AvgIpc) is 2.96. The van der Waals surface area contributed by atoms with Crippen molar-refractivity contribution in [1.29, 1.82) is 0 Å². The van der Waals surface area contributed by atoms with Crippen molar-refractivity contribution in [2.45, 2.75) is 39.7 Å². The van der Waals surface area contributed by atoms with Crippen LogP contribution < -0.4 is 10.2 Å². The van der Waals surface area contributed by atoms with Gasteiger partial charge in [-0.25, -0.2) is 0 Å². The summed E-state index contributed by atoms with van der Waals surface area (Å²) in [6, 6.07) is 8.32. The molecule has 2 aromatic rings. The number of rotatable bonds is 5. The number of carbonyl (C=O) groups excluding carboxylic acids is 1. The molecule has 1 fully saturated rings. The number of carbonyl (C=O) groups is 1. The summed E-state index contributed by atoms with van der Waals surface area (Å²) in [6.07, 6.45) is 1.88. The highest BCUT2D eigenvalue weighted by Gasteiger charge is 2.25. The van der Waals surface area contributed by atoms with E-state index in [2.05, 4.69) is 56.5 Å². The van der Waals surface area contributed by atoms with Gasteiger partial charge < -0.3 is 4.90 Å². The van der Waals surface area contributed by atoms with Gasteiger partial charge in [0, 0.05) is 31.9 Å². The van der Waals surface area contributed by atoms with Crippen molar-refractivity contribution >= 4 is 28.1 Å². The average molecular weight is 374 g/mol. The van der Waals surface area contributed by atoms with Crippen molar-refractivity contribution in [1.82, 2.24) is 15.1 Å². The Morgan fingerprint density at radius 3 is 2.77 bits per heavy atom. The summed E-state index contributed by atoms with van der Waals surface area (Å²) in [4.78, 5) is 17.3. The van der Waals surface area contributed by atoms with Gasteiger partial charge in [-0.05, 0) is 38.3 Å². The number of nitrogens with one attached hydrogen (secondary N) is 1. The Hall–Kier alpha value is -1.99. The van der Waals surface area contributed by atoms with Crippen molar-refractivity contribution in [3.8, 4) is 0 Å². The molecule has 26 heavy (non-hydrogen) atoms. The zero-order valence-corrected chi connectivity index (χ0v) is 16.6. The van der Waals surface area contributed by atoms with Crippen LogP contribution in [-0.2, 0) is 11.2 Å². The van der Waals surface area contributed by atoms with Crippen LogP contribution in [0.1, 0.15) is 30.8 Å². The number of hydrogen-bond acceptors (Lipinski definition) is 6. The minimum atomic E-state index is -0.180. The number of amides is 1. The minimum absolute atomic E-state index is 0.00635. The molecule has 0 radical (unpaired) electrons. The van der Waals surface area contributed by atoms with Gasteiger partial charge in [0.05, 0.1) is 6.04 Å². The molecule has 3 rings (SSSR count). The Morgan fingerprint density at radius 2 is 2.04 bits per heavy atom. The quantitative estimate of drug-likeness (QED) is 0.873. The maximum absolute atomic E-state index is 12.6. The normalized spacial score (nSPS) is 17.0. The molecule has 1 unspecified atom stereocenters. The third-order valence-corrected chi connectivity index (χ3v) is 5.90. The second-order valence-corrected chi connectivity index (χ2v) is 7.74. The molecular formula is C19H27N5OS. The maximum atomic E-state index is 12.6. The largest absolute Gasteiger partial charge is 0.370 e. The van der Waals surface area contributed by atoms with E-state index in [0.29, 0.717) is 5.13 Å². The molecule has 0 bridgehead atoms. The number of aromatic nitrogens is 2. The summed E-state index contributed by atoms with van der Waals surface area (Å²) in [5, 5.41) is 12.6. The van der Waals surface area contributed by atoms with Crippen LogP contribution >= 0.6 is 11.3 Å². The number of anilines is 2. The van der Waals surface area contributed by atoms with E-state index in [1.165, 1.54) is 22.6 Å². The van der Waals surface area contributed by atoms with Gasteiger partial charge in [0.15, 0.2) is 0 Å². The van der Waals surface area contributed by atoms with Crippen LogP contribution in [0.25, 0.3) is 0 Å². The molecular weight excluding hydrogens is 346 g/mol. The lowest BCUT2D eigenvalue weighted by molar-refractivity contribution is -0.120. The van der Waals surface area contributed by atoms with Crippen LogP contribution in [0.4, 0.5) is 10.8 Å². The summed E-state index contributed by atoms with van der Waals surface area (Å²) < 4.78 is 0. The highest BCUT2D eigenvalue weighted by molar-refractivity contribution is 7.15. The molecule has 1 saturated heterocycles. The predicted molar refractivity (Wildman–Crippen MR) is 107 cm³/mol. The Morgan fingerprint density at radius 1 is 1.23 bits per heavy atom. The Bertz CT molecular complexity index is 747. The molecule has 1 amide bonds. The van der Waals surface area contributed by atoms with E-state index in [1.807, 2.05) is 13.8 Å². The predicted octanol–water partition coefficient (Wildman–Crippen LogP) is 2.95. The van der Waals surface area contributed by atoms with Gasteiger partial charge in [-0.3, -0.25) is 15.0 Å². The summed E-state index contributed by atoms with van der Waals surface area (Å²) in [7, 11) is 0. The number of benzene rings is 1. The zero-order chi connectivity index (χ0) is 18.5. The van der Waals surface area contributed by atoms with E-state index >= 15 is 0 Å². The van der Waals surface area contributed by atoms with E-state index in [1.54, 1.807) is 0 Å². The minimum Gasteiger partial charge on any atom is -0.370 e. The molecule has 6 nitrogen and oxygen atoms in total. The molecule has 0 spiro atoms. The highest BCUT2D eigenvalue weighted by Crippen LogP contribution is 2.22. The topological polar surface area (TPSA) is 61.4 Å². The van der Waals surface area contributed by atoms with Gasteiger partial charge in [0.2, 0.25) is 11.0 Å². The first-order chi connectivity index (χ1) is 12.6. The van der Waals surface area contributed by atoms with Crippen LogP contribution in [-0.4, -0.2) is 53.2 Å². The number of hydrogen-bond donors (Lipinski definition) is 1. The first kappa shape index (κ1) is 18.8. The highest BCUT2D eigenvalue weighted by atomic mass is 32.1. The fraction of sp³-hybridized carbons (Fsp3) is 0.526. The third kappa shape index (κ3) is 4.40. The fourth-order valence-electron chi connectivity index (χ4n) is 3.31. The molecule has 1 N–H and O–H groups in total. The number of nitrogens with zero attached hydrogens (tertiary/aromatic N) is 4. The molecule has 7 heteroatoms. The van der Waals surface area contributed by atoms with E-state index < -0.39 is 0 Å². The van der Waals surface area contributed by atoms with Gasteiger partial charge in [0.1, 0.15) is 5.01 Å². The second kappa shape index (κ2) is 8.60. The van der Waals surface area contributed by atoms with Crippen LogP contribution in [0.15, 0.2) is 24.3 Å². The van der Waals surface area contributed by atoms with Crippen molar-refractivity contribution in [2.75, 3.05) is 36.4 Å². The first-order valence-corrected chi connectivity index (χ1v) is 10.1.